The van der Waals surface area contributed by atoms with Gasteiger partial charge in [-0.3, -0.25) is 14.4 Å². The Labute approximate surface area is 228 Å². The van der Waals surface area contributed by atoms with E-state index in [1.54, 1.807) is 13.1 Å². The molecule has 1 aromatic heterocycles. The van der Waals surface area contributed by atoms with E-state index in [0.717, 1.165) is 16.5 Å². The summed E-state index contributed by atoms with van der Waals surface area (Å²) < 4.78 is 0. The molecule has 0 saturated heterocycles. The molecule has 2 aromatic rings. The number of aromatic amines is 1. The number of H-pyrrole nitrogens is 1. The Morgan fingerprint density at radius 2 is 1.64 bits per heavy atom. The number of nitrogens with one attached hydrogen (secondary N) is 4. The average molecular weight is 547 g/mol. The number of carboxylic acids is 1. The van der Waals surface area contributed by atoms with Crippen LogP contribution in [0.15, 0.2) is 30.5 Å². The second kappa shape index (κ2) is 15.2. The van der Waals surface area contributed by atoms with Gasteiger partial charge in [-0.25, -0.2) is 4.79 Å². The average Bonchev–Trinajstić information content (AvgIpc) is 3.32. The van der Waals surface area contributed by atoms with Gasteiger partial charge in [0, 0.05) is 23.5 Å². The van der Waals surface area contributed by atoms with Gasteiger partial charge in [-0.15, -0.1) is 0 Å². The molecule has 2 rings (SSSR count). The monoisotopic (exact) mass is 546 g/mol. The topological polar surface area (TPSA) is 213 Å². The minimum atomic E-state index is -1.24. The maximum Gasteiger partial charge on any atom is 0.326 e. The van der Waals surface area contributed by atoms with Gasteiger partial charge in [0.1, 0.15) is 24.2 Å². The summed E-state index contributed by atoms with van der Waals surface area (Å²) in [5.74, 6) is -3.49. The number of carbonyl (C=O) groups excluding carboxylic acids is 3. The zero-order chi connectivity index (χ0) is 29.1. The normalized spacial score (nSPS) is 15.9. The van der Waals surface area contributed by atoms with Crippen LogP contribution in [0.4, 0.5) is 0 Å². The Morgan fingerprint density at radius 3 is 2.26 bits per heavy atom. The van der Waals surface area contributed by atoms with Crippen LogP contribution in [-0.2, 0) is 25.6 Å². The van der Waals surface area contributed by atoms with Gasteiger partial charge in [0.05, 0.1) is 6.10 Å². The zero-order valence-electron chi connectivity index (χ0n) is 22.8. The Balaban J connectivity index is 2.33. The molecule has 1 aromatic carbocycles. The van der Waals surface area contributed by atoms with Crippen molar-refractivity contribution in [2.45, 2.75) is 83.1 Å². The standard InChI is InChI=1S/C27H42N6O6/c1-4-15(2)23(33-25(36)22(29)16(3)34)26(37)32-21(13-17-14-30-19-10-6-5-9-18(17)19)24(35)31-20(27(38)39)11-7-8-12-28/h5-6,9-10,14-16,20-23,30,34H,4,7-8,11-13,28-29H2,1-3H3,(H,31,35)(H,32,37)(H,33,36)(H,38,39). The molecular formula is C27H42N6O6. The van der Waals surface area contributed by atoms with Crippen molar-refractivity contribution in [2.24, 2.45) is 17.4 Å². The lowest BCUT2D eigenvalue weighted by molar-refractivity contribution is -0.142. The summed E-state index contributed by atoms with van der Waals surface area (Å²) in [6.45, 7) is 5.39. The molecule has 0 radical (unpaired) electrons. The van der Waals surface area contributed by atoms with Gasteiger partial charge in [-0.05, 0) is 50.3 Å². The highest BCUT2D eigenvalue weighted by molar-refractivity contribution is 5.95. The van der Waals surface area contributed by atoms with Crippen molar-refractivity contribution < 1.29 is 29.4 Å². The molecule has 0 aliphatic heterocycles. The third-order valence-electron chi connectivity index (χ3n) is 6.91. The molecule has 0 saturated carbocycles. The Morgan fingerprint density at radius 1 is 0.974 bits per heavy atom. The van der Waals surface area contributed by atoms with Crippen LogP contribution in [0.25, 0.3) is 10.9 Å². The number of aromatic nitrogens is 1. The first-order valence-electron chi connectivity index (χ1n) is 13.3. The third-order valence-corrected chi connectivity index (χ3v) is 6.91. The number of aliphatic hydroxyl groups is 1. The van der Waals surface area contributed by atoms with Gasteiger partial charge in [-0.2, -0.15) is 0 Å². The van der Waals surface area contributed by atoms with E-state index in [1.165, 1.54) is 6.92 Å². The van der Waals surface area contributed by atoms with Crippen molar-refractivity contribution in [2.75, 3.05) is 6.54 Å². The highest BCUT2D eigenvalue weighted by Crippen LogP contribution is 2.20. The maximum atomic E-state index is 13.5. The number of carbonyl (C=O) groups is 4. The summed E-state index contributed by atoms with van der Waals surface area (Å²) in [7, 11) is 0. The minimum Gasteiger partial charge on any atom is -0.480 e. The molecule has 0 aliphatic carbocycles. The van der Waals surface area contributed by atoms with E-state index in [-0.39, 0.29) is 18.8 Å². The number of hydrogen-bond donors (Lipinski definition) is 8. The molecule has 0 spiro atoms. The summed E-state index contributed by atoms with van der Waals surface area (Å²) >= 11 is 0. The predicted octanol–water partition coefficient (Wildman–Crippen LogP) is 0.133. The number of para-hydroxylation sites is 1. The molecule has 3 amide bonds. The Bertz CT molecular complexity index is 1120. The molecule has 216 valence electrons. The minimum absolute atomic E-state index is 0.0745. The first-order chi connectivity index (χ1) is 18.5. The van der Waals surface area contributed by atoms with Crippen molar-refractivity contribution in [3.63, 3.8) is 0 Å². The first kappa shape index (κ1) is 31.7. The maximum absolute atomic E-state index is 13.5. The third kappa shape index (κ3) is 9.05. The number of amides is 3. The van der Waals surface area contributed by atoms with Crippen molar-refractivity contribution in [3.8, 4) is 0 Å². The fraction of sp³-hybridized carbons (Fsp3) is 0.556. The van der Waals surface area contributed by atoms with Gasteiger partial charge in [-0.1, -0.05) is 38.5 Å². The first-order valence-corrected chi connectivity index (χ1v) is 13.3. The lowest BCUT2D eigenvalue weighted by atomic mass is 9.96. The van der Waals surface area contributed by atoms with Crippen LogP contribution < -0.4 is 27.4 Å². The number of unbranched alkanes of at least 4 members (excludes halogenated alkanes) is 1. The van der Waals surface area contributed by atoms with E-state index in [1.807, 2.05) is 31.2 Å². The van der Waals surface area contributed by atoms with Crippen molar-refractivity contribution >= 4 is 34.6 Å². The van der Waals surface area contributed by atoms with E-state index in [4.69, 9.17) is 11.5 Å². The molecule has 0 aliphatic rings. The largest absolute Gasteiger partial charge is 0.480 e. The van der Waals surface area contributed by atoms with Crippen LogP contribution in [0.3, 0.4) is 0 Å². The summed E-state index contributed by atoms with van der Waals surface area (Å²) in [6.07, 6.45) is 2.53. The Hall–Kier alpha value is -3.48. The van der Waals surface area contributed by atoms with Gasteiger partial charge < -0.3 is 42.6 Å². The number of carboxylic acid groups (broad SMARTS) is 1. The van der Waals surface area contributed by atoms with E-state index in [2.05, 4.69) is 20.9 Å². The molecule has 12 nitrogen and oxygen atoms in total. The molecule has 39 heavy (non-hydrogen) atoms. The highest BCUT2D eigenvalue weighted by Gasteiger charge is 2.33. The summed E-state index contributed by atoms with van der Waals surface area (Å²) in [4.78, 5) is 54.4. The van der Waals surface area contributed by atoms with E-state index < -0.39 is 54.0 Å². The van der Waals surface area contributed by atoms with Crippen LogP contribution in [-0.4, -0.2) is 75.7 Å². The van der Waals surface area contributed by atoms with Crippen LogP contribution in [0.5, 0.6) is 0 Å². The van der Waals surface area contributed by atoms with Gasteiger partial charge in [0.15, 0.2) is 0 Å². The van der Waals surface area contributed by atoms with Gasteiger partial charge in [0.25, 0.3) is 0 Å². The number of fused-ring (bicyclic) bond motifs is 1. The fourth-order valence-corrected chi connectivity index (χ4v) is 4.18. The molecule has 10 N–H and O–H groups in total. The smallest absolute Gasteiger partial charge is 0.326 e. The number of aliphatic hydroxyl groups excluding tert-OH is 1. The number of hydrogen-bond acceptors (Lipinski definition) is 7. The quantitative estimate of drug-likeness (QED) is 0.135. The van der Waals surface area contributed by atoms with E-state index in [0.29, 0.717) is 25.8 Å². The molecule has 12 heteroatoms. The molecule has 0 bridgehead atoms. The lowest BCUT2D eigenvalue weighted by Crippen LogP contribution is -2.60. The van der Waals surface area contributed by atoms with Gasteiger partial charge >= 0.3 is 5.97 Å². The van der Waals surface area contributed by atoms with E-state index in [9.17, 15) is 29.4 Å². The number of nitrogens with two attached hydrogens (primary N) is 2. The second-order valence-electron chi connectivity index (χ2n) is 9.95. The highest BCUT2D eigenvalue weighted by atomic mass is 16.4. The van der Waals surface area contributed by atoms with Crippen LogP contribution >= 0.6 is 0 Å². The van der Waals surface area contributed by atoms with E-state index >= 15 is 0 Å². The zero-order valence-corrected chi connectivity index (χ0v) is 22.8. The summed E-state index contributed by atoms with van der Waals surface area (Å²) in [5, 5.41) is 28.1. The molecule has 6 unspecified atom stereocenters. The number of rotatable bonds is 16. The van der Waals surface area contributed by atoms with Crippen LogP contribution in [0.1, 0.15) is 52.0 Å². The summed E-state index contributed by atoms with van der Waals surface area (Å²) in [6, 6.07) is 2.91. The lowest BCUT2D eigenvalue weighted by Gasteiger charge is -2.28. The fourth-order valence-electron chi connectivity index (χ4n) is 4.18. The second-order valence-corrected chi connectivity index (χ2v) is 9.95. The number of aliphatic carboxylic acids is 1. The van der Waals surface area contributed by atoms with Crippen LogP contribution in [0, 0.1) is 5.92 Å². The SMILES string of the molecule is CCC(C)C(NC(=O)C(N)C(C)O)C(=O)NC(Cc1c[nH]c2ccccc12)C(=O)NC(CCCCN)C(=O)O. The molecule has 1 heterocycles. The van der Waals surface area contributed by atoms with Crippen molar-refractivity contribution in [1.82, 2.24) is 20.9 Å². The molecule has 0 fully saturated rings. The molecule has 6 atom stereocenters. The predicted molar refractivity (Wildman–Crippen MR) is 147 cm³/mol. The number of benzene rings is 1. The van der Waals surface area contributed by atoms with Crippen molar-refractivity contribution in [3.05, 3.63) is 36.0 Å². The van der Waals surface area contributed by atoms with Gasteiger partial charge in [0.2, 0.25) is 17.7 Å². The molecular weight excluding hydrogens is 504 g/mol. The van der Waals surface area contributed by atoms with Crippen molar-refractivity contribution in [1.29, 1.82) is 0 Å². The summed E-state index contributed by atoms with van der Waals surface area (Å²) in [5.41, 5.74) is 12.9. The Kier molecular flexibility index (Phi) is 12.4. The van der Waals surface area contributed by atoms with Crippen LogP contribution in [0.2, 0.25) is 0 Å².